The summed E-state index contributed by atoms with van der Waals surface area (Å²) in [6.07, 6.45) is 1.84. The predicted octanol–water partition coefficient (Wildman–Crippen LogP) is 4.23. The number of ether oxygens (including phenoxy) is 2. The van der Waals surface area contributed by atoms with E-state index in [1.54, 1.807) is 0 Å². The standard InChI is InChI=1S/C17H19NO2/c1-3-19-16-9-5-14(6-10-16)13-18-15-7-11-17(12-8-15)20-4-2/h5-13H,3-4H2,1-2H3. The summed E-state index contributed by atoms with van der Waals surface area (Å²) in [6.45, 7) is 5.30. The SMILES string of the molecule is CCOc1ccc(C=Nc2ccc(OCC)cc2)cc1. The lowest BCUT2D eigenvalue weighted by molar-refractivity contribution is 0.340. The Hall–Kier alpha value is -2.29. The number of aliphatic imine (C=N–C) groups is 1. The number of benzene rings is 2. The minimum atomic E-state index is 0.675. The molecule has 0 bridgehead atoms. The van der Waals surface area contributed by atoms with Gasteiger partial charge in [0.15, 0.2) is 0 Å². The van der Waals surface area contributed by atoms with E-state index in [1.807, 2.05) is 68.6 Å². The normalized spacial score (nSPS) is 10.7. The molecule has 0 amide bonds. The van der Waals surface area contributed by atoms with E-state index in [-0.39, 0.29) is 0 Å². The molecule has 0 heterocycles. The Morgan fingerprint density at radius 1 is 0.800 bits per heavy atom. The van der Waals surface area contributed by atoms with E-state index >= 15 is 0 Å². The smallest absolute Gasteiger partial charge is 0.119 e. The zero-order valence-corrected chi connectivity index (χ0v) is 11.9. The van der Waals surface area contributed by atoms with Crippen molar-refractivity contribution in [1.29, 1.82) is 0 Å². The highest BCUT2D eigenvalue weighted by Crippen LogP contribution is 2.18. The summed E-state index contributed by atoms with van der Waals surface area (Å²) < 4.78 is 10.8. The quantitative estimate of drug-likeness (QED) is 0.734. The fraction of sp³-hybridized carbons (Fsp3) is 0.235. The van der Waals surface area contributed by atoms with Crippen molar-refractivity contribution >= 4 is 11.9 Å². The van der Waals surface area contributed by atoms with Crippen molar-refractivity contribution in [3.63, 3.8) is 0 Å². The molecule has 2 aromatic carbocycles. The van der Waals surface area contributed by atoms with Crippen LogP contribution in [0.4, 0.5) is 5.69 Å². The van der Waals surface area contributed by atoms with Gasteiger partial charge in [-0.2, -0.15) is 0 Å². The largest absolute Gasteiger partial charge is 0.494 e. The van der Waals surface area contributed by atoms with Crippen LogP contribution in [0.5, 0.6) is 11.5 Å². The second-order valence-electron chi connectivity index (χ2n) is 4.19. The van der Waals surface area contributed by atoms with Crippen molar-refractivity contribution in [3.05, 3.63) is 54.1 Å². The third-order valence-corrected chi connectivity index (χ3v) is 2.70. The van der Waals surface area contributed by atoms with Crippen LogP contribution in [0.1, 0.15) is 19.4 Å². The average molecular weight is 269 g/mol. The first-order chi connectivity index (χ1) is 9.81. The van der Waals surface area contributed by atoms with Crippen molar-refractivity contribution in [3.8, 4) is 11.5 Å². The maximum Gasteiger partial charge on any atom is 0.119 e. The molecule has 2 rings (SSSR count). The molecule has 3 heteroatoms. The maximum absolute atomic E-state index is 5.40. The third-order valence-electron chi connectivity index (χ3n) is 2.70. The number of rotatable bonds is 6. The van der Waals surface area contributed by atoms with Crippen molar-refractivity contribution < 1.29 is 9.47 Å². The van der Waals surface area contributed by atoms with E-state index in [0.29, 0.717) is 13.2 Å². The van der Waals surface area contributed by atoms with E-state index in [9.17, 15) is 0 Å². The van der Waals surface area contributed by atoms with Gasteiger partial charge in [0.25, 0.3) is 0 Å². The van der Waals surface area contributed by atoms with Crippen LogP contribution < -0.4 is 9.47 Å². The fourth-order valence-electron chi connectivity index (χ4n) is 1.76. The van der Waals surface area contributed by atoms with Crippen molar-refractivity contribution in [2.75, 3.05) is 13.2 Å². The number of nitrogens with zero attached hydrogens (tertiary/aromatic N) is 1. The molecule has 20 heavy (non-hydrogen) atoms. The molecular weight excluding hydrogens is 250 g/mol. The Kier molecular flexibility index (Phi) is 5.18. The van der Waals surface area contributed by atoms with Crippen LogP contribution in [0.2, 0.25) is 0 Å². The fourth-order valence-corrected chi connectivity index (χ4v) is 1.76. The zero-order valence-electron chi connectivity index (χ0n) is 11.9. The highest BCUT2D eigenvalue weighted by molar-refractivity contribution is 5.82. The molecule has 0 aromatic heterocycles. The van der Waals surface area contributed by atoms with Crippen LogP contribution >= 0.6 is 0 Å². The first kappa shape index (κ1) is 14.1. The number of hydrogen-bond donors (Lipinski definition) is 0. The molecule has 0 aliphatic heterocycles. The molecular formula is C17H19NO2. The highest BCUT2D eigenvalue weighted by atomic mass is 16.5. The van der Waals surface area contributed by atoms with Crippen LogP contribution in [-0.2, 0) is 0 Å². The third kappa shape index (κ3) is 4.12. The van der Waals surface area contributed by atoms with Gasteiger partial charge < -0.3 is 9.47 Å². The molecule has 0 atom stereocenters. The Balaban J connectivity index is 2.01. The summed E-state index contributed by atoms with van der Waals surface area (Å²) >= 11 is 0. The minimum absolute atomic E-state index is 0.675. The van der Waals surface area contributed by atoms with Gasteiger partial charge in [-0.3, -0.25) is 4.99 Å². The molecule has 104 valence electrons. The van der Waals surface area contributed by atoms with Crippen molar-refractivity contribution in [1.82, 2.24) is 0 Å². The maximum atomic E-state index is 5.40. The summed E-state index contributed by atoms with van der Waals surface area (Å²) in [5.74, 6) is 1.75. The van der Waals surface area contributed by atoms with Gasteiger partial charge in [0.1, 0.15) is 11.5 Å². The first-order valence-electron chi connectivity index (χ1n) is 6.81. The Morgan fingerprint density at radius 3 is 1.80 bits per heavy atom. The molecule has 0 aliphatic rings. The second kappa shape index (κ2) is 7.34. The van der Waals surface area contributed by atoms with Gasteiger partial charge in [-0.25, -0.2) is 0 Å². The van der Waals surface area contributed by atoms with Gasteiger partial charge in [0.2, 0.25) is 0 Å². The van der Waals surface area contributed by atoms with E-state index in [0.717, 1.165) is 22.7 Å². The summed E-state index contributed by atoms with van der Waals surface area (Å²) in [7, 11) is 0. The summed E-state index contributed by atoms with van der Waals surface area (Å²) in [5.41, 5.74) is 1.95. The van der Waals surface area contributed by atoms with Crippen LogP contribution in [0.25, 0.3) is 0 Å². The topological polar surface area (TPSA) is 30.8 Å². The van der Waals surface area contributed by atoms with E-state index in [2.05, 4.69) is 4.99 Å². The number of hydrogen-bond acceptors (Lipinski definition) is 3. The van der Waals surface area contributed by atoms with Crippen LogP contribution in [0.15, 0.2) is 53.5 Å². The molecule has 0 N–H and O–H groups in total. The molecule has 0 saturated carbocycles. The summed E-state index contributed by atoms with van der Waals surface area (Å²) in [4.78, 5) is 4.43. The molecule has 0 saturated heterocycles. The van der Waals surface area contributed by atoms with Gasteiger partial charge >= 0.3 is 0 Å². The molecule has 0 radical (unpaired) electrons. The molecule has 3 nitrogen and oxygen atoms in total. The zero-order chi connectivity index (χ0) is 14.2. The summed E-state index contributed by atoms with van der Waals surface area (Å²) in [5, 5.41) is 0. The molecule has 0 unspecified atom stereocenters. The van der Waals surface area contributed by atoms with Crippen LogP contribution in [0.3, 0.4) is 0 Å². The van der Waals surface area contributed by atoms with Gasteiger partial charge in [-0.15, -0.1) is 0 Å². The minimum Gasteiger partial charge on any atom is -0.494 e. The van der Waals surface area contributed by atoms with Crippen molar-refractivity contribution in [2.24, 2.45) is 4.99 Å². The lowest BCUT2D eigenvalue weighted by atomic mass is 10.2. The van der Waals surface area contributed by atoms with Gasteiger partial charge in [0, 0.05) is 6.21 Å². The van der Waals surface area contributed by atoms with E-state index in [4.69, 9.17) is 9.47 Å². The second-order valence-corrected chi connectivity index (χ2v) is 4.19. The van der Waals surface area contributed by atoms with Gasteiger partial charge in [-0.1, -0.05) is 0 Å². The molecule has 2 aromatic rings. The Labute approximate surface area is 119 Å². The molecule has 0 fully saturated rings. The predicted molar refractivity (Wildman–Crippen MR) is 82.5 cm³/mol. The van der Waals surface area contributed by atoms with E-state index in [1.165, 1.54) is 0 Å². The van der Waals surface area contributed by atoms with Gasteiger partial charge in [0.05, 0.1) is 18.9 Å². The monoisotopic (exact) mass is 269 g/mol. The van der Waals surface area contributed by atoms with Gasteiger partial charge in [-0.05, 0) is 67.9 Å². The molecule has 0 aliphatic carbocycles. The molecule has 0 spiro atoms. The van der Waals surface area contributed by atoms with Crippen LogP contribution in [-0.4, -0.2) is 19.4 Å². The van der Waals surface area contributed by atoms with E-state index < -0.39 is 0 Å². The first-order valence-corrected chi connectivity index (χ1v) is 6.81. The Morgan fingerprint density at radius 2 is 1.30 bits per heavy atom. The van der Waals surface area contributed by atoms with Crippen molar-refractivity contribution in [2.45, 2.75) is 13.8 Å². The van der Waals surface area contributed by atoms with Crippen LogP contribution in [0, 0.1) is 0 Å². The Bertz CT molecular complexity index is 493. The highest BCUT2D eigenvalue weighted by Gasteiger charge is 1.94. The average Bonchev–Trinajstić information content (AvgIpc) is 2.49. The summed E-state index contributed by atoms with van der Waals surface area (Å²) in [6, 6.07) is 15.6. The lowest BCUT2D eigenvalue weighted by Crippen LogP contribution is -1.91. The lowest BCUT2D eigenvalue weighted by Gasteiger charge is -2.03.